The smallest absolute Gasteiger partial charge is 0.266 e. The summed E-state index contributed by atoms with van der Waals surface area (Å²) in [4.78, 5) is 14.9. The van der Waals surface area contributed by atoms with Gasteiger partial charge in [0, 0.05) is 17.1 Å². The normalized spacial score (nSPS) is 15.5. The second-order valence-corrected chi connectivity index (χ2v) is 9.06. The molecule has 0 spiro atoms. The number of ether oxygens (including phenoxy) is 2. The maximum Gasteiger partial charge on any atom is 0.266 e. The van der Waals surface area contributed by atoms with Crippen molar-refractivity contribution < 1.29 is 14.3 Å². The molecule has 1 aliphatic heterocycles. The molecule has 1 heterocycles. The van der Waals surface area contributed by atoms with Gasteiger partial charge in [-0.3, -0.25) is 9.69 Å². The summed E-state index contributed by atoms with van der Waals surface area (Å²) >= 11 is 12.9. The molecule has 1 saturated heterocycles. The number of carbonyl (C=O) groups excluding carboxylic acids is 1. The minimum absolute atomic E-state index is 0.0493. The van der Waals surface area contributed by atoms with Gasteiger partial charge in [0.15, 0.2) is 11.5 Å². The molecule has 1 fully saturated rings. The second-order valence-electron chi connectivity index (χ2n) is 6.98. The van der Waals surface area contributed by atoms with E-state index in [1.165, 1.54) is 11.8 Å². The van der Waals surface area contributed by atoms with Crippen LogP contribution < -0.4 is 9.47 Å². The predicted octanol–water partition coefficient (Wildman–Crippen LogP) is 5.78. The van der Waals surface area contributed by atoms with Gasteiger partial charge in [0.2, 0.25) is 0 Å². The number of rotatable bonds is 7. The number of hydrogen-bond acceptors (Lipinski definition) is 5. The first-order valence-electron chi connectivity index (χ1n) is 9.18. The zero-order valence-corrected chi connectivity index (χ0v) is 18.9. The summed E-state index contributed by atoms with van der Waals surface area (Å²) in [7, 11) is 1.59. The summed E-state index contributed by atoms with van der Waals surface area (Å²) < 4.78 is 12.0. The van der Waals surface area contributed by atoms with E-state index in [0.717, 1.165) is 11.1 Å². The molecule has 3 rings (SSSR count). The number of hydrogen-bond donors (Lipinski definition) is 0. The van der Waals surface area contributed by atoms with Gasteiger partial charge in [-0.25, -0.2) is 0 Å². The third-order valence-electron chi connectivity index (χ3n) is 4.25. The molecule has 0 radical (unpaired) electrons. The van der Waals surface area contributed by atoms with Crippen LogP contribution in [0.15, 0.2) is 47.4 Å². The fraction of sp³-hybridized carbons (Fsp3) is 0.273. The van der Waals surface area contributed by atoms with Crippen molar-refractivity contribution in [3.8, 4) is 11.5 Å². The van der Waals surface area contributed by atoms with E-state index in [9.17, 15) is 4.79 Å². The molecule has 0 saturated carbocycles. The molecule has 2 aromatic carbocycles. The topological polar surface area (TPSA) is 38.8 Å². The Bertz CT molecular complexity index is 959. The van der Waals surface area contributed by atoms with E-state index in [1.807, 2.05) is 48.5 Å². The summed E-state index contributed by atoms with van der Waals surface area (Å²) in [6, 6.07) is 13.1. The first-order valence-corrected chi connectivity index (χ1v) is 10.8. The SMILES string of the molecule is COc1cc(C=C2SC(=S)N(CC(C)C)C2=O)ccc1OCc1ccccc1Cl. The van der Waals surface area contributed by atoms with Gasteiger partial charge < -0.3 is 9.47 Å². The molecule has 7 heteroatoms. The third-order valence-corrected chi connectivity index (χ3v) is 5.99. The monoisotopic (exact) mass is 447 g/mol. The van der Waals surface area contributed by atoms with Crippen LogP contribution in [0.2, 0.25) is 5.02 Å². The Kier molecular flexibility index (Phi) is 7.22. The lowest BCUT2D eigenvalue weighted by Gasteiger charge is -2.16. The Morgan fingerprint density at radius 2 is 1.97 bits per heavy atom. The van der Waals surface area contributed by atoms with E-state index in [1.54, 1.807) is 12.0 Å². The Balaban J connectivity index is 1.77. The zero-order chi connectivity index (χ0) is 21.0. The van der Waals surface area contributed by atoms with Gasteiger partial charge in [0.25, 0.3) is 5.91 Å². The molecule has 1 aliphatic rings. The maximum atomic E-state index is 12.6. The van der Waals surface area contributed by atoms with Crippen molar-refractivity contribution in [3.63, 3.8) is 0 Å². The predicted molar refractivity (Wildman–Crippen MR) is 123 cm³/mol. The molecule has 0 bridgehead atoms. The molecular weight excluding hydrogens is 426 g/mol. The summed E-state index contributed by atoms with van der Waals surface area (Å²) in [5.74, 6) is 1.50. The quantitative estimate of drug-likeness (QED) is 0.397. The minimum Gasteiger partial charge on any atom is -0.493 e. The number of carbonyl (C=O) groups is 1. The average Bonchev–Trinajstić information content (AvgIpc) is 2.95. The van der Waals surface area contributed by atoms with Crippen molar-refractivity contribution in [3.05, 3.63) is 63.5 Å². The summed E-state index contributed by atoms with van der Waals surface area (Å²) in [6.45, 7) is 5.09. The van der Waals surface area contributed by atoms with E-state index in [2.05, 4.69) is 13.8 Å². The lowest BCUT2D eigenvalue weighted by Crippen LogP contribution is -2.31. The van der Waals surface area contributed by atoms with Gasteiger partial charge >= 0.3 is 0 Å². The molecule has 4 nitrogen and oxygen atoms in total. The summed E-state index contributed by atoms with van der Waals surface area (Å²) in [6.07, 6.45) is 1.83. The van der Waals surface area contributed by atoms with Crippen LogP contribution in [-0.4, -0.2) is 28.8 Å². The van der Waals surface area contributed by atoms with Crippen LogP contribution in [-0.2, 0) is 11.4 Å². The van der Waals surface area contributed by atoms with E-state index in [0.29, 0.717) is 44.8 Å². The minimum atomic E-state index is -0.0493. The van der Waals surface area contributed by atoms with Crippen molar-refractivity contribution in [1.82, 2.24) is 4.90 Å². The molecule has 0 aliphatic carbocycles. The highest BCUT2D eigenvalue weighted by Gasteiger charge is 2.32. The molecule has 0 unspecified atom stereocenters. The van der Waals surface area contributed by atoms with E-state index in [4.69, 9.17) is 33.3 Å². The molecule has 29 heavy (non-hydrogen) atoms. The fourth-order valence-corrected chi connectivity index (χ4v) is 4.30. The molecule has 152 valence electrons. The van der Waals surface area contributed by atoms with Gasteiger partial charge in [0.1, 0.15) is 10.9 Å². The van der Waals surface area contributed by atoms with Crippen molar-refractivity contribution in [1.29, 1.82) is 0 Å². The van der Waals surface area contributed by atoms with Gasteiger partial charge in [0.05, 0.1) is 12.0 Å². The molecule has 1 amide bonds. The van der Waals surface area contributed by atoms with E-state index < -0.39 is 0 Å². The van der Waals surface area contributed by atoms with Crippen LogP contribution in [0.4, 0.5) is 0 Å². The van der Waals surface area contributed by atoms with Gasteiger partial charge in [-0.2, -0.15) is 0 Å². The average molecular weight is 448 g/mol. The highest BCUT2D eigenvalue weighted by molar-refractivity contribution is 8.26. The summed E-state index contributed by atoms with van der Waals surface area (Å²) in [5.41, 5.74) is 1.74. The first-order chi connectivity index (χ1) is 13.9. The largest absolute Gasteiger partial charge is 0.493 e. The number of thiocarbonyl (C=S) groups is 1. The highest BCUT2D eigenvalue weighted by atomic mass is 35.5. The van der Waals surface area contributed by atoms with Crippen LogP contribution in [0.3, 0.4) is 0 Å². The zero-order valence-electron chi connectivity index (χ0n) is 16.5. The number of amides is 1. The van der Waals surface area contributed by atoms with Crippen LogP contribution in [0.1, 0.15) is 25.0 Å². The van der Waals surface area contributed by atoms with Crippen LogP contribution in [0.25, 0.3) is 6.08 Å². The molecule has 0 N–H and O–H groups in total. The number of nitrogens with zero attached hydrogens (tertiary/aromatic N) is 1. The Morgan fingerprint density at radius 3 is 2.66 bits per heavy atom. The second kappa shape index (κ2) is 9.65. The Hall–Kier alpha value is -2.02. The van der Waals surface area contributed by atoms with E-state index in [-0.39, 0.29) is 5.91 Å². The molecule has 0 aromatic heterocycles. The van der Waals surface area contributed by atoms with Crippen molar-refractivity contribution in [2.24, 2.45) is 5.92 Å². The fourth-order valence-electron chi connectivity index (χ4n) is 2.84. The molecule has 0 atom stereocenters. The van der Waals surface area contributed by atoms with Crippen molar-refractivity contribution >= 4 is 51.9 Å². The Morgan fingerprint density at radius 1 is 1.21 bits per heavy atom. The highest BCUT2D eigenvalue weighted by Crippen LogP contribution is 2.35. The number of methoxy groups -OCH3 is 1. The van der Waals surface area contributed by atoms with Crippen LogP contribution >= 0.6 is 35.6 Å². The standard InChI is InChI=1S/C22H22ClNO3S2/c1-14(2)12-24-21(25)20(29-22(24)28)11-15-8-9-18(19(10-15)26-3)27-13-16-6-4-5-7-17(16)23/h4-11,14H,12-13H2,1-3H3. The van der Waals surface area contributed by atoms with E-state index >= 15 is 0 Å². The molecular formula is C22H22ClNO3S2. The van der Waals surface area contributed by atoms with Gasteiger partial charge in [-0.15, -0.1) is 0 Å². The maximum absolute atomic E-state index is 12.6. The van der Waals surface area contributed by atoms with Crippen molar-refractivity contribution in [2.45, 2.75) is 20.5 Å². The first kappa shape index (κ1) is 21.7. The lowest BCUT2D eigenvalue weighted by atomic mass is 10.1. The number of halogens is 1. The van der Waals surface area contributed by atoms with Crippen LogP contribution in [0.5, 0.6) is 11.5 Å². The van der Waals surface area contributed by atoms with Crippen LogP contribution in [0, 0.1) is 5.92 Å². The number of benzene rings is 2. The van der Waals surface area contributed by atoms with Crippen molar-refractivity contribution in [2.75, 3.05) is 13.7 Å². The lowest BCUT2D eigenvalue weighted by molar-refractivity contribution is -0.122. The van der Waals surface area contributed by atoms with Gasteiger partial charge in [-0.1, -0.05) is 73.7 Å². The molecule has 2 aromatic rings. The Labute approximate surface area is 185 Å². The van der Waals surface area contributed by atoms with Gasteiger partial charge in [-0.05, 0) is 35.8 Å². The summed E-state index contributed by atoms with van der Waals surface area (Å²) in [5, 5.41) is 0.659. The number of thioether (sulfide) groups is 1. The third kappa shape index (κ3) is 5.32.